The second-order valence-electron chi connectivity index (χ2n) is 5.87. The molecule has 1 heterocycles. The number of carbonyl (C=O) groups is 1. The van der Waals surface area contributed by atoms with Crippen LogP contribution in [0.25, 0.3) is 0 Å². The van der Waals surface area contributed by atoms with Crippen molar-refractivity contribution in [2.24, 2.45) is 0 Å². The number of para-hydroxylation sites is 1. The molecule has 1 amide bonds. The van der Waals surface area contributed by atoms with Crippen molar-refractivity contribution in [1.29, 1.82) is 0 Å². The zero-order valence-electron chi connectivity index (χ0n) is 15.7. The van der Waals surface area contributed by atoms with E-state index >= 15 is 0 Å². The van der Waals surface area contributed by atoms with Gasteiger partial charge in [-0.2, -0.15) is 0 Å². The summed E-state index contributed by atoms with van der Waals surface area (Å²) in [6.45, 7) is 6.70. The number of nitrogens with zero attached hydrogens (tertiary/aromatic N) is 2. The summed E-state index contributed by atoms with van der Waals surface area (Å²) in [5.74, 6) is 0.280. The maximum atomic E-state index is 11.9. The summed E-state index contributed by atoms with van der Waals surface area (Å²) in [7, 11) is 1.62. The number of nitrogens with one attached hydrogen (secondary N) is 2. The van der Waals surface area contributed by atoms with Crippen LogP contribution in [0.5, 0.6) is 0 Å². The second-order valence-corrected chi connectivity index (χ2v) is 8.07. The fraction of sp³-hybridized carbons (Fsp3) is 0.500. The number of ether oxygens (including phenoxy) is 1. The third-order valence-corrected chi connectivity index (χ3v) is 5.76. The molecule has 0 saturated heterocycles. The van der Waals surface area contributed by atoms with E-state index < -0.39 is 0 Å². The van der Waals surface area contributed by atoms with E-state index in [2.05, 4.69) is 52.9 Å². The molecule has 0 radical (unpaired) electrons. The first-order valence-corrected chi connectivity index (χ1v) is 10.5. The highest BCUT2D eigenvalue weighted by Gasteiger charge is 2.12. The van der Waals surface area contributed by atoms with Crippen LogP contribution in [-0.4, -0.2) is 41.6 Å². The largest absolute Gasteiger partial charge is 0.383 e. The number of aromatic nitrogens is 2. The summed E-state index contributed by atoms with van der Waals surface area (Å²) in [5, 5.41) is 15.4. The first-order chi connectivity index (χ1) is 12.6. The highest BCUT2D eigenvalue weighted by molar-refractivity contribution is 8.01. The lowest BCUT2D eigenvalue weighted by Gasteiger charge is -2.13. The van der Waals surface area contributed by atoms with Gasteiger partial charge in [-0.1, -0.05) is 55.1 Å². The zero-order chi connectivity index (χ0) is 18.9. The van der Waals surface area contributed by atoms with Gasteiger partial charge in [0, 0.05) is 18.8 Å². The van der Waals surface area contributed by atoms with Crippen LogP contribution in [0.1, 0.15) is 31.9 Å². The molecule has 0 aliphatic heterocycles. The Kier molecular flexibility index (Phi) is 8.34. The predicted molar refractivity (Wildman–Crippen MR) is 109 cm³/mol. The molecule has 0 spiro atoms. The lowest BCUT2D eigenvalue weighted by molar-refractivity contribution is -0.119. The average molecular weight is 395 g/mol. The minimum atomic E-state index is -0.0335. The highest BCUT2D eigenvalue weighted by Crippen LogP contribution is 2.31. The Morgan fingerprint density at radius 3 is 2.58 bits per heavy atom. The van der Waals surface area contributed by atoms with Gasteiger partial charge in [-0.25, -0.2) is 0 Å². The van der Waals surface area contributed by atoms with Gasteiger partial charge in [0.15, 0.2) is 4.34 Å². The normalized spacial score (nSPS) is 12.0. The standard InChI is InChI=1S/C18H26N4O2S2/c1-5-13-8-7-9-14(6-2)16(13)20-17-21-22-18(26-17)25-11-15(23)19-12(3)10-24-4/h7-9,12H,5-6,10-11H2,1-4H3,(H,19,23)(H,20,21). The van der Waals surface area contributed by atoms with Crippen LogP contribution in [0.2, 0.25) is 0 Å². The number of thioether (sulfide) groups is 1. The Bertz CT molecular complexity index is 699. The zero-order valence-corrected chi connectivity index (χ0v) is 17.3. The van der Waals surface area contributed by atoms with E-state index in [1.165, 1.54) is 34.2 Å². The molecule has 0 saturated carbocycles. The minimum Gasteiger partial charge on any atom is -0.383 e. The van der Waals surface area contributed by atoms with Gasteiger partial charge in [0.25, 0.3) is 0 Å². The van der Waals surface area contributed by atoms with Gasteiger partial charge in [0.2, 0.25) is 11.0 Å². The summed E-state index contributed by atoms with van der Waals surface area (Å²) >= 11 is 2.85. The number of carbonyl (C=O) groups excluding carboxylic acids is 1. The van der Waals surface area contributed by atoms with Crippen molar-refractivity contribution >= 4 is 39.8 Å². The Morgan fingerprint density at radius 1 is 1.27 bits per heavy atom. The molecular weight excluding hydrogens is 368 g/mol. The van der Waals surface area contributed by atoms with E-state index in [1.807, 2.05) is 6.92 Å². The number of aryl methyl sites for hydroxylation is 2. The molecular formula is C18H26N4O2S2. The maximum Gasteiger partial charge on any atom is 0.230 e. The van der Waals surface area contributed by atoms with Crippen LogP contribution in [0.4, 0.5) is 10.8 Å². The van der Waals surface area contributed by atoms with E-state index in [9.17, 15) is 4.79 Å². The third kappa shape index (κ3) is 5.96. The second kappa shape index (κ2) is 10.5. The van der Waals surface area contributed by atoms with E-state index in [0.717, 1.165) is 28.0 Å². The Labute approximate surface area is 163 Å². The van der Waals surface area contributed by atoms with Gasteiger partial charge in [-0.3, -0.25) is 4.79 Å². The van der Waals surface area contributed by atoms with Crippen molar-refractivity contribution in [2.75, 3.05) is 24.8 Å². The van der Waals surface area contributed by atoms with E-state index in [0.29, 0.717) is 12.4 Å². The molecule has 2 rings (SSSR count). The van der Waals surface area contributed by atoms with E-state index in [-0.39, 0.29) is 11.9 Å². The summed E-state index contributed by atoms with van der Waals surface area (Å²) in [6, 6.07) is 6.35. The molecule has 0 bridgehead atoms. The van der Waals surface area contributed by atoms with Crippen molar-refractivity contribution in [1.82, 2.24) is 15.5 Å². The molecule has 0 fully saturated rings. The first-order valence-electron chi connectivity index (χ1n) is 8.69. The van der Waals surface area contributed by atoms with Gasteiger partial charge in [0.05, 0.1) is 12.4 Å². The number of amides is 1. The fourth-order valence-electron chi connectivity index (χ4n) is 2.56. The number of hydrogen-bond acceptors (Lipinski definition) is 7. The SMILES string of the molecule is CCc1cccc(CC)c1Nc1nnc(SCC(=O)NC(C)COC)s1. The smallest absolute Gasteiger partial charge is 0.230 e. The molecule has 1 unspecified atom stereocenters. The number of benzene rings is 1. The summed E-state index contributed by atoms with van der Waals surface area (Å²) < 4.78 is 5.79. The number of anilines is 2. The molecule has 1 atom stereocenters. The summed E-state index contributed by atoms with van der Waals surface area (Å²) in [5.41, 5.74) is 3.65. The molecule has 2 aromatic rings. The highest BCUT2D eigenvalue weighted by atomic mass is 32.2. The number of rotatable bonds is 10. The average Bonchev–Trinajstić information content (AvgIpc) is 3.08. The third-order valence-electron chi connectivity index (χ3n) is 3.79. The Hall–Kier alpha value is -1.64. The summed E-state index contributed by atoms with van der Waals surface area (Å²) in [4.78, 5) is 11.9. The van der Waals surface area contributed by atoms with Crippen LogP contribution < -0.4 is 10.6 Å². The molecule has 1 aromatic carbocycles. The van der Waals surface area contributed by atoms with Crippen molar-refractivity contribution in [3.8, 4) is 0 Å². The molecule has 0 aliphatic rings. The van der Waals surface area contributed by atoms with Crippen molar-refractivity contribution in [3.05, 3.63) is 29.3 Å². The predicted octanol–water partition coefficient (Wildman–Crippen LogP) is 3.65. The monoisotopic (exact) mass is 394 g/mol. The van der Waals surface area contributed by atoms with Gasteiger partial charge in [0.1, 0.15) is 0 Å². The van der Waals surface area contributed by atoms with Crippen LogP contribution >= 0.6 is 23.1 Å². The van der Waals surface area contributed by atoms with Gasteiger partial charge in [-0.05, 0) is 30.9 Å². The lowest BCUT2D eigenvalue weighted by atomic mass is 10.0. The molecule has 142 valence electrons. The van der Waals surface area contributed by atoms with Crippen LogP contribution in [0.15, 0.2) is 22.5 Å². The maximum absolute atomic E-state index is 11.9. The van der Waals surface area contributed by atoms with E-state index in [1.54, 1.807) is 7.11 Å². The Morgan fingerprint density at radius 2 is 1.96 bits per heavy atom. The number of hydrogen-bond donors (Lipinski definition) is 2. The molecule has 1 aromatic heterocycles. The molecule has 6 nitrogen and oxygen atoms in total. The van der Waals surface area contributed by atoms with Crippen LogP contribution in [-0.2, 0) is 22.4 Å². The van der Waals surface area contributed by atoms with E-state index in [4.69, 9.17) is 4.74 Å². The van der Waals surface area contributed by atoms with Gasteiger partial charge in [-0.15, -0.1) is 10.2 Å². The van der Waals surface area contributed by atoms with Gasteiger partial charge < -0.3 is 15.4 Å². The van der Waals surface area contributed by atoms with Crippen LogP contribution in [0.3, 0.4) is 0 Å². The first kappa shape index (κ1) is 20.7. The molecule has 8 heteroatoms. The Balaban J connectivity index is 1.95. The quantitative estimate of drug-likeness (QED) is 0.599. The minimum absolute atomic E-state index is 0.00208. The van der Waals surface area contributed by atoms with Crippen molar-refractivity contribution in [3.63, 3.8) is 0 Å². The molecule has 26 heavy (non-hydrogen) atoms. The van der Waals surface area contributed by atoms with Crippen molar-refractivity contribution < 1.29 is 9.53 Å². The topological polar surface area (TPSA) is 76.1 Å². The van der Waals surface area contributed by atoms with Crippen molar-refractivity contribution in [2.45, 2.75) is 44.0 Å². The van der Waals surface area contributed by atoms with Crippen LogP contribution in [0, 0.1) is 0 Å². The molecule has 2 N–H and O–H groups in total. The van der Waals surface area contributed by atoms with Gasteiger partial charge >= 0.3 is 0 Å². The summed E-state index contributed by atoms with van der Waals surface area (Å²) in [6.07, 6.45) is 1.91. The lowest BCUT2D eigenvalue weighted by Crippen LogP contribution is -2.36. The fourth-order valence-corrected chi connectivity index (χ4v) is 4.13. The number of methoxy groups -OCH3 is 1. The molecule has 0 aliphatic carbocycles.